The molecule has 0 radical (unpaired) electrons. The average molecular weight is 536 g/mol. The molecule has 6 rings (SSSR count). The van der Waals surface area contributed by atoms with Crippen molar-refractivity contribution < 1.29 is 18.4 Å². The maximum atomic E-state index is 13.6. The molecule has 3 heterocycles. The van der Waals surface area contributed by atoms with E-state index in [0.29, 0.717) is 34.5 Å². The molecule has 0 saturated heterocycles. The second-order valence-electron chi connectivity index (χ2n) is 11.4. The van der Waals surface area contributed by atoms with Crippen LogP contribution in [0.4, 0.5) is 4.79 Å². The minimum Gasteiger partial charge on any atom is -0.444 e. The van der Waals surface area contributed by atoms with Crippen LogP contribution in [-0.2, 0) is 4.74 Å². The number of imidazole rings is 1. The molecule has 1 N–H and O–H groups in total. The zero-order chi connectivity index (χ0) is 30.8. The van der Waals surface area contributed by atoms with E-state index < -0.39 is 30.6 Å². The third-order valence-corrected chi connectivity index (χ3v) is 7.61. The quantitative estimate of drug-likeness (QED) is 0.309. The first-order valence-corrected chi connectivity index (χ1v) is 13.3. The van der Waals surface area contributed by atoms with Gasteiger partial charge in [-0.1, -0.05) is 42.3 Å². The largest absolute Gasteiger partial charge is 0.444 e. The van der Waals surface area contributed by atoms with Gasteiger partial charge in [0.25, 0.3) is 5.91 Å². The molecule has 3 atom stereocenters. The highest BCUT2D eigenvalue weighted by molar-refractivity contribution is 5.98. The number of carbonyl (C=O) groups is 2. The van der Waals surface area contributed by atoms with Gasteiger partial charge in [-0.25, -0.2) is 9.78 Å². The lowest BCUT2D eigenvalue weighted by molar-refractivity contribution is 0.0507. The summed E-state index contributed by atoms with van der Waals surface area (Å²) in [5, 5.41) is 2.87. The molecular weight excluding hydrogens is 500 g/mol. The van der Waals surface area contributed by atoms with Crippen molar-refractivity contribution in [1.29, 1.82) is 0 Å². The van der Waals surface area contributed by atoms with E-state index in [9.17, 15) is 9.59 Å². The molecule has 40 heavy (non-hydrogen) atoms. The number of aromatic nitrogens is 2. The molecule has 7 nitrogen and oxygen atoms in total. The summed E-state index contributed by atoms with van der Waals surface area (Å²) in [6, 6.07) is 17.7. The van der Waals surface area contributed by atoms with Crippen LogP contribution in [0.15, 0.2) is 60.7 Å². The number of benzene rings is 3. The van der Waals surface area contributed by atoms with Crippen molar-refractivity contribution in [3.05, 3.63) is 88.7 Å². The number of ether oxygens (including phenoxy) is 1. The van der Waals surface area contributed by atoms with Gasteiger partial charge in [0.2, 0.25) is 0 Å². The summed E-state index contributed by atoms with van der Waals surface area (Å²) in [5.74, 6) is 2.68. The molecule has 7 heteroatoms. The Balaban J connectivity index is 1.40. The molecule has 2 aliphatic rings. The van der Waals surface area contributed by atoms with Crippen LogP contribution in [0.25, 0.3) is 22.2 Å². The number of fused-ring (bicyclic) bond motifs is 9. The van der Waals surface area contributed by atoms with Gasteiger partial charge in [-0.05, 0) is 68.7 Å². The maximum absolute atomic E-state index is 13.6. The Morgan fingerprint density at radius 3 is 2.60 bits per heavy atom. The fourth-order valence-electron chi connectivity index (χ4n) is 5.78. The topological polar surface area (TPSA) is 76.5 Å². The van der Waals surface area contributed by atoms with E-state index in [-0.39, 0.29) is 12.1 Å². The van der Waals surface area contributed by atoms with Crippen molar-refractivity contribution in [2.75, 3.05) is 6.98 Å². The number of nitrogens with zero attached hydrogens (tertiary/aromatic N) is 3. The van der Waals surface area contributed by atoms with Gasteiger partial charge in [0.05, 0.1) is 29.2 Å². The fourth-order valence-corrected chi connectivity index (χ4v) is 5.78. The third-order valence-electron chi connectivity index (χ3n) is 7.61. The van der Waals surface area contributed by atoms with E-state index in [1.165, 1.54) is 0 Å². The van der Waals surface area contributed by atoms with Gasteiger partial charge in [-0.3, -0.25) is 4.79 Å². The van der Waals surface area contributed by atoms with Crippen LogP contribution >= 0.6 is 0 Å². The molecule has 1 unspecified atom stereocenters. The minimum atomic E-state index is -2.66. The summed E-state index contributed by atoms with van der Waals surface area (Å²) in [6.07, 6.45) is 5.77. The van der Waals surface area contributed by atoms with Crippen LogP contribution in [0.1, 0.15) is 89.2 Å². The van der Waals surface area contributed by atoms with E-state index in [4.69, 9.17) is 20.3 Å². The standard InChI is InChI=1S/C33H32N4O3/c1-7-20-9-8-10-24-29(20)27-18-28(36(6)31(24)38)30-35-25-16-15-23(17-26(25)37(27)30)22-13-11-21(12-14-22)19(2)34-32(39)40-33(3,4)5/h1,8-17,19,27-28H,18H2,2-6H3,(H,34,39)/t19?,27-,28-/m1/s1/i6D3. The lowest BCUT2D eigenvalue weighted by Gasteiger charge is -2.24. The first-order chi connectivity index (χ1) is 20.3. The molecule has 202 valence electrons. The zero-order valence-corrected chi connectivity index (χ0v) is 22.9. The highest BCUT2D eigenvalue weighted by Crippen LogP contribution is 2.48. The lowest BCUT2D eigenvalue weighted by Crippen LogP contribution is -2.34. The van der Waals surface area contributed by atoms with Gasteiger partial charge in [-0.2, -0.15) is 0 Å². The van der Waals surface area contributed by atoms with E-state index in [1.54, 1.807) is 18.2 Å². The SMILES string of the molecule is [2H]C([2H])([2H])N1C(=O)c2cccc(C#C)c2[C@H]2C[C@@H]1c1nc3ccc(-c4ccc(C(C)NC(=O)OC(C)(C)C)cc4)cc3n12. The number of terminal acetylenes is 1. The number of amides is 2. The fraction of sp³-hybridized carbons (Fsp3) is 0.303. The highest BCUT2D eigenvalue weighted by atomic mass is 16.6. The van der Waals surface area contributed by atoms with E-state index in [0.717, 1.165) is 27.1 Å². The molecule has 0 fully saturated rings. The summed E-state index contributed by atoms with van der Waals surface area (Å²) in [6.45, 7) is 4.71. The summed E-state index contributed by atoms with van der Waals surface area (Å²) in [7, 11) is 0. The van der Waals surface area contributed by atoms with E-state index in [2.05, 4.69) is 15.8 Å². The van der Waals surface area contributed by atoms with Gasteiger partial charge < -0.3 is 19.5 Å². The Morgan fingerprint density at radius 1 is 1.15 bits per heavy atom. The molecule has 2 amide bonds. The third kappa shape index (κ3) is 4.21. The molecule has 2 aliphatic heterocycles. The monoisotopic (exact) mass is 535 g/mol. The van der Waals surface area contributed by atoms with Gasteiger partial charge in [0, 0.05) is 34.2 Å². The molecular formula is C33H32N4O3. The average Bonchev–Trinajstić information content (AvgIpc) is 3.43. The Hall–Kier alpha value is -4.57. The van der Waals surface area contributed by atoms with Gasteiger partial charge in [0.1, 0.15) is 11.4 Å². The van der Waals surface area contributed by atoms with Crippen molar-refractivity contribution in [3.63, 3.8) is 0 Å². The first kappa shape index (κ1) is 22.3. The molecule has 0 saturated carbocycles. The van der Waals surface area contributed by atoms with Crippen molar-refractivity contribution >= 4 is 23.0 Å². The highest BCUT2D eigenvalue weighted by Gasteiger charge is 2.44. The summed E-state index contributed by atoms with van der Waals surface area (Å²) in [5.41, 5.74) is 5.34. The Morgan fingerprint density at radius 2 is 1.90 bits per heavy atom. The molecule has 0 spiro atoms. The molecule has 0 aliphatic carbocycles. The number of rotatable bonds is 3. The van der Waals surface area contributed by atoms with Gasteiger partial charge in [0.15, 0.2) is 0 Å². The van der Waals surface area contributed by atoms with Crippen LogP contribution < -0.4 is 5.32 Å². The molecule has 1 aromatic heterocycles. The predicted molar refractivity (Wildman–Crippen MR) is 155 cm³/mol. The van der Waals surface area contributed by atoms with E-state index >= 15 is 0 Å². The Bertz CT molecular complexity index is 1810. The number of hydrogen-bond donors (Lipinski definition) is 1. The lowest BCUT2D eigenvalue weighted by atomic mass is 9.93. The van der Waals surface area contributed by atoms with Crippen molar-refractivity contribution in [2.24, 2.45) is 0 Å². The second-order valence-corrected chi connectivity index (χ2v) is 11.4. The second kappa shape index (κ2) is 9.27. The summed E-state index contributed by atoms with van der Waals surface area (Å²) < 4.78 is 32.1. The van der Waals surface area contributed by atoms with Crippen molar-refractivity contribution in [3.8, 4) is 23.5 Å². The van der Waals surface area contributed by atoms with Gasteiger partial charge in [-0.15, -0.1) is 6.42 Å². The first-order valence-electron chi connectivity index (χ1n) is 14.8. The van der Waals surface area contributed by atoms with E-state index in [1.807, 2.05) is 70.2 Å². The van der Waals surface area contributed by atoms with Crippen LogP contribution in [0, 0.1) is 12.3 Å². The molecule has 2 bridgehead atoms. The van der Waals surface area contributed by atoms with Gasteiger partial charge >= 0.3 is 6.09 Å². The molecule has 3 aromatic carbocycles. The normalized spacial score (nSPS) is 19.9. The summed E-state index contributed by atoms with van der Waals surface area (Å²) >= 11 is 0. The van der Waals surface area contributed by atoms with Crippen molar-refractivity contribution in [2.45, 2.75) is 57.8 Å². The minimum absolute atomic E-state index is 0.248. The van der Waals surface area contributed by atoms with Crippen LogP contribution in [0.2, 0.25) is 0 Å². The maximum Gasteiger partial charge on any atom is 0.408 e. The predicted octanol–water partition coefficient (Wildman–Crippen LogP) is 6.39. The van der Waals surface area contributed by atoms with Crippen molar-refractivity contribution in [1.82, 2.24) is 19.8 Å². The number of alkyl carbamates (subject to hydrolysis) is 1. The Kier molecular flexibility index (Phi) is 5.16. The molecule has 4 aromatic rings. The number of nitrogens with one attached hydrogen (secondary N) is 1. The smallest absolute Gasteiger partial charge is 0.408 e. The summed E-state index contributed by atoms with van der Waals surface area (Å²) in [4.78, 5) is 31.7. The van der Waals surface area contributed by atoms with Crippen LogP contribution in [0.5, 0.6) is 0 Å². The Labute approximate surface area is 238 Å². The number of carbonyl (C=O) groups excluding carboxylic acids is 2. The zero-order valence-electron chi connectivity index (χ0n) is 25.9. The van der Waals surface area contributed by atoms with Crippen LogP contribution in [-0.4, -0.2) is 39.0 Å². The number of hydrogen-bond acceptors (Lipinski definition) is 4. The van der Waals surface area contributed by atoms with Crippen LogP contribution in [0.3, 0.4) is 0 Å².